The lowest BCUT2D eigenvalue weighted by Crippen LogP contribution is -2.03. The third-order valence-electron chi connectivity index (χ3n) is 12.1. The van der Waals surface area contributed by atoms with Gasteiger partial charge >= 0.3 is 0 Å². The molecule has 0 unspecified atom stereocenters. The normalized spacial score (nSPS) is 12.1. The second-order valence-electron chi connectivity index (χ2n) is 15.3. The lowest BCUT2D eigenvalue weighted by atomic mass is 9.99. The lowest BCUT2D eigenvalue weighted by molar-refractivity contribution is 1.01. The van der Waals surface area contributed by atoms with E-state index in [4.69, 9.17) is 9.97 Å². The molecule has 0 aliphatic rings. The van der Waals surface area contributed by atoms with Crippen LogP contribution in [-0.4, -0.2) is 19.1 Å². The molecule has 0 bridgehead atoms. The van der Waals surface area contributed by atoms with E-state index in [9.17, 15) is 0 Å². The van der Waals surface area contributed by atoms with Gasteiger partial charge in [-0.3, -0.25) is 4.57 Å². The zero-order valence-corrected chi connectivity index (χ0v) is 32.5. The molecule has 5 heteroatoms. The zero-order chi connectivity index (χ0) is 38.6. The molecule has 0 saturated carbocycles. The van der Waals surface area contributed by atoms with Crippen molar-refractivity contribution in [3.63, 3.8) is 0 Å². The molecule has 59 heavy (non-hydrogen) atoms. The summed E-state index contributed by atoms with van der Waals surface area (Å²) in [5.74, 6) is 0.665. The highest BCUT2D eigenvalue weighted by Crippen LogP contribution is 2.43. The molecular formula is C54H32N4S. The summed E-state index contributed by atoms with van der Waals surface area (Å²) in [6.45, 7) is 0. The van der Waals surface area contributed by atoms with Gasteiger partial charge in [0.1, 0.15) is 0 Å². The van der Waals surface area contributed by atoms with Gasteiger partial charge in [-0.25, -0.2) is 9.97 Å². The molecule has 4 nitrogen and oxygen atoms in total. The molecular weight excluding hydrogens is 737 g/mol. The number of rotatable bonds is 4. The van der Waals surface area contributed by atoms with E-state index in [1.807, 2.05) is 11.3 Å². The molecule has 0 fully saturated rings. The van der Waals surface area contributed by atoms with Crippen molar-refractivity contribution in [3.8, 4) is 34.0 Å². The number of thiophene rings is 1. The predicted molar refractivity (Wildman–Crippen MR) is 249 cm³/mol. The number of aromatic nitrogens is 4. The fourth-order valence-electron chi connectivity index (χ4n) is 9.50. The molecule has 0 atom stereocenters. The Morgan fingerprint density at radius 1 is 0.390 bits per heavy atom. The Labute approximate surface area is 342 Å². The van der Waals surface area contributed by atoms with Crippen LogP contribution in [0.15, 0.2) is 194 Å². The van der Waals surface area contributed by atoms with E-state index in [1.165, 1.54) is 74.6 Å². The molecule has 13 rings (SSSR count). The number of benzene rings is 9. The molecule has 0 aliphatic carbocycles. The molecule has 9 aromatic carbocycles. The van der Waals surface area contributed by atoms with Crippen LogP contribution in [0.5, 0.6) is 0 Å². The SMILES string of the molecule is c1ccc(-n2c3ccc(-c4ccc5c(c4)c4ccccc4n5-c4nc(-c5cccc6c5sc5ccccc56)c5ccccc5n4)cc3c3c4ccccc4ccc32)cc1. The Kier molecular flexibility index (Phi) is 6.85. The predicted octanol–water partition coefficient (Wildman–Crippen LogP) is 14.7. The van der Waals surface area contributed by atoms with E-state index in [1.54, 1.807) is 0 Å². The van der Waals surface area contributed by atoms with Crippen LogP contribution in [0.25, 0.3) is 119 Å². The molecule has 0 aliphatic heterocycles. The van der Waals surface area contributed by atoms with E-state index in [0.717, 1.165) is 38.9 Å². The third kappa shape index (κ3) is 4.77. The van der Waals surface area contributed by atoms with Gasteiger partial charge in [0.2, 0.25) is 5.95 Å². The monoisotopic (exact) mass is 768 g/mol. The van der Waals surface area contributed by atoms with Gasteiger partial charge in [0.15, 0.2) is 0 Å². The van der Waals surface area contributed by atoms with Crippen LogP contribution in [0.4, 0.5) is 0 Å². The maximum absolute atomic E-state index is 5.49. The quantitative estimate of drug-likeness (QED) is 0.179. The van der Waals surface area contributed by atoms with E-state index in [0.29, 0.717) is 5.95 Å². The topological polar surface area (TPSA) is 35.6 Å². The fourth-order valence-corrected chi connectivity index (χ4v) is 10.7. The van der Waals surface area contributed by atoms with Crippen molar-refractivity contribution in [2.75, 3.05) is 0 Å². The summed E-state index contributed by atoms with van der Waals surface area (Å²) >= 11 is 1.83. The lowest BCUT2D eigenvalue weighted by Gasteiger charge is -2.12. The molecule has 13 aromatic rings. The molecule has 4 aromatic heterocycles. The van der Waals surface area contributed by atoms with E-state index < -0.39 is 0 Å². The Hall–Kier alpha value is -7.60. The van der Waals surface area contributed by atoms with Crippen LogP contribution < -0.4 is 0 Å². The zero-order valence-electron chi connectivity index (χ0n) is 31.7. The molecule has 0 saturated heterocycles. The van der Waals surface area contributed by atoms with E-state index >= 15 is 0 Å². The average molecular weight is 769 g/mol. The van der Waals surface area contributed by atoms with Crippen molar-refractivity contribution in [2.45, 2.75) is 0 Å². The summed E-state index contributed by atoms with van der Waals surface area (Å²) in [5.41, 5.74) is 11.0. The highest BCUT2D eigenvalue weighted by atomic mass is 32.1. The fraction of sp³-hybridized carbons (Fsp3) is 0. The molecule has 4 heterocycles. The van der Waals surface area contributed by atoms with Gasteiger partial charge < -0.3 is 4.57 Å². The molecule has 0 radical (unpaired) electrons. The highest BCUT2D eigenvalue weighted by molar-refractivity contribution is 7.26. The van der Waals surface area contributed by atoms with Crippen molar-refractivity contribution in [3.05, 3.63) is 194 Å². The van der Waals surface area contributed by atoms with Gasteiger partial charge in [0, 0.05) is 58.4 Å². The summed E-state index contributed by atoms with van der Waals surface area (Å²) in [5, 5.41) is 10.9. The Balaban J connectivity index is 1.03. The van der Waals surface area contributed by atoms with Crippen molar-refractivity contribution in [2.24, 2.45) is 0 Å². The Morgan fingerprint density at radius 2 is 1.03 bits per heavy atom. The van der Waals surface area contributed by atoms with Gasteiger partial charge in [-0.15, -0.1) is 11.3 Å². The van der Waals surface area contributed by atoms with Gasteiger partial charge in [0.05, 0.1) is 33.3 Å². The minimum atomic E-state index is 0.665. The second kappa shape index (κ2) is 12.4. The Morgan fingerprint density at radius 3 is 1.90 bits per heavy atom. The number of para-hydroxylation sites is 3. The van der Waals surface area contributed by atoms with Crippen molar-refractivity contribution >= 4 is 96.8 Å². The van der Waals surface area contributed by atoms with Gasteiger partial charge in [0.25, 0.3) is 0 Å². The molecule has 0 N–H and O–H groups in total. The van der Waals surface area contributed by atoms with Crippen LogP contribution in [0.3, 0.4) is 0 Å². The molecule has 0 amide bonds. The first kappa shape index (κ1) is 32.5. The summed E-state index contributed by atoms with van der Waals surface area (Å²) < 4.78 is 7.17. The van der Waals surface area contributed by atoms with Crippen LogP contribution in [0.1, 0.15) is 0 Å². The van der Waals surface area contributed by atoms with Crippen molar-refractivity contribution in [1.82, 2.24) is 19.1 Å². The number of nitrogens with zero attached hydrogens (tertiary/aromatic N) is 4. The molecule has 0 spiro atoms. The van der Waals surface area contributed by atoms with Gasteiger partial charge in [-0.2, -0.15) is 0 Å². The molecule has 274 valence electrons. The van der Waals surface area contributed by atoms with E-state index in [-0.39, 0.29) is 0 Å². The second-order valence-corrected chi connectivity index (χ2v) is 16.4. The summed E-state index contributed by atoms with van der Waals surface area (Å²) in [7, 11) is 0. The van der Waals surface area contributed by atoms with Crippen LogP contribution in [0.2, 0.25) is 0 Å². The first-order valence-electron chi connectivity index (χ1n) is 20.0. The maximum Gasteiger partial charge on any atom is 0.235 e. The van der Waals surface area contributed by atoms with Crippen LogP contribution >= 0.6 is 11.3 Å². The van der Waals surface area contributed by atoms with Gasteiger partial charge in [-0.05, 0) is 82.6 Å². The largest absolute Gasteiger partial charge is 0.309 e. The smallest absolute Gasteiger partial charge is 0.235 e. The standard InChI is InChI=1S/C54H32N4S/c1-2-14-36(15-3-1)57-48-29-27-35(32-44(48)51-37-16-5-4-13-33(37)25-30-49(51)57)34-26-28-47-43(31-34)38-17-7-10-23-46(38)58(47)54-55-45-22-9-6-19-41(45)52(56-54)42-21-12-20-40-39-18-8-11-24-50(39)59-53(40)42/h1-32H. The summed E-state index contributed by atoms with van der Waals surface area (Å²) in [6.07, 6.45) is 0. The van der Waals surface area contributed by atoms with Crippen LogP contribution in [-0.2, 0) is 0 Å². The maximum atomic E-state index is 5.49. The number of hydrogen-bond acceptors (Lipinski definition) is 3. The minimum Gasteiger partial charge on any atom is -0.309 e. The minimum absolute atomic E-state index is 0.665. The van der Waals surface area contributed by atoms with Crippen molar-refractivity contribution in [1.29, 1.82) is 0 Å². The van der Waals surface area contributed by atoms with Gasteiger partial charge in [-0.1, -0.05) is 133 Å². The first-order chi connectivity index (χ1) is 29.3. The van der Waals surface area contributed by atoms with E-state index in [2.05, 4.69) is 203 Å². The third-order valence-corrected chi connectivity index (χ3v) is 13.3. The number of fused-ring (bicyclic) bond motifs is 12. The van der Waals surface area contributed by atoms with Crippen molar-refractivity contribution < 1.29 is 0 Å². The Bertz CT molecular complexity index is 3850. The average Bonchev–Trinajstić information content (AvgIpc) is 3.96. The highest BCUT2D eigenvalue weighted by Gasteiger charge is 2.21. The first-order valence-corrected chi connectivity index (χ1v) is 20.8. The number of hydrogen-bond donors (Lipinski definition) is 0. The summed E-state index contributed by atoms with van der Waals surface area (Å²) in [6, 6.07) is 70.1. The van der Waals surface area contributed by atoms with Crippen LogP contribution in [0, 0.1) is 0 Å². The summed E-state index contributed by atoms with van der Waals surface area (Å²) in [4.78, 5) is 10.8.